The minimum Gasteiger partial charge on any atom is -0.790 e. The summed E-state index contributed by atoms with van der Waals surface area (Å²) in [4.78, 5) is 33.7. The van der Waals surface area contributed by atoms with Gasteiger partial charge in [-0.2, -0.15) is 0 Å². The van der Waals surface area contributed by atoms with Crippen LogP contribution in [0, 0.1) is 0 Å². The number of aliphatic hydroxyl groups is 2. The Bertz CT molecular complexity index is 884. The predicted molar refractivity (Wildman–Crippen MR) is 92.6 cm³/mol. The molecule has 0 aromatic carbocycles. The molecule has 4 atom stereocenters. The summed E-state index contributed by atoms with van der Waals surface area (Å²) in [5.41, 5.74) is 6.37. The van der Waals surface area contributed by atoms with Crippen molar-refractivity contribution in [1.82, 2.24) is 19.5 Å². The van der Waals surface area contributed by atoms with Crippen LogP contribution in [0.25, 0.3) is 11.2 Å². The van der Waals surface area contributed by atoms with Crippen LogP contribution in [0.1, 0.15) is 26.0 Å². The van der Waals surface area contributed by atoms with E-state index < -0.39 is 39.0 Å². The summed E-state index contributed by atoms with van der Waals surface area (Å²) >= 11 is 0. The molecule has 5 N–H and O–H groups in total. The molecule has 0 amide bonds. The molecular weight excluding hydrogens is 441 g/mol. The summed E-state index contributed by atoms with van der Waals surface area (Å²) < 4.78 is 21.9. The van der Waals surface area contributed by atoms with E-state index in [0.717, 1.165) is 12.8 Å². The van der Waals surface area contributed by atoms with E-state index in [4.69, 9.17) is 10.5 Å². The third-order valence-electron chi connectivity index (χ3n) is 4.31. The molecule has 1 fully saturated rings. The Balaban J connectivity index is 0.00000225. The second-order valence-corrected chi connectivity index (χ2v) is 7.46. The maximum atomic E-state index is 10.7. The number of unbranched alkanes of at least 4 members (excludes halogenated alkanes) is 1. The van der Waals surface area contributed by atoms with E-state index in [9.17, 15) is 24.6 Å². The zero-order valence-electron chi connectivity index (χ0n) is 17.0. The number of phosphoric acid groups is 1. The number of hydrogen-bond acceptors (Lipinski definition) is 12. The molecule has 0 saturated carbocycles. The molecule has 1 aliphatic rings. The molecule has 2 aromatic rings. The van der Waals surface area contributed by atoms with Gasteiger partial charge in [0.05, 0.1) is 14.4 Å². The number of ether oxygens (including phenoxy) is 1. The van der Waals surface area contributed by atoms with E-state index in [0.29, 0.717) is 6.54 Å². The van der Waals surface area contributed by atoms with Crippen molar-refractivity contribution >= 4 is 30.8 Å². The number of hydrogen-bond donors (Lipinski definition) is 4. The van der Waals surface area contributed by atoms with Gasteiger partial charge in [0.25, 0.3) is 0 Å². The maximum Gasteiger partial charge on any atom is 1.00 e. The van der Waals surface area contributed by atoms with Gasteiger partial charge in [-0.25, -0.2) is 15.0 Å². The molecule has 0 bridgehead atoms. The molecule has 30 heavy (non-hydrogen) atoms. The van der Waals surface area contributed by atoms with Crippen LogP contribution in [0.15, 0.2) is 6.33 Å². The summed E-state index contributed by atoms with van der Waals surface area (Å²) in [6.45, 7) is 1.85. The van der Waals surface area contributed by atoms with Crippen molar-refractivity contribution in [3.05, 3.63) is 6.33 Å². The first-order valence-corrected chi connectivity index (χ1v) is 10.1. The van der Waals surface area contributed by atoms with Gasteiger partial charge in [0.1, 0.15) is 24.6 Å². The normalized spacial score (nSPS) is 23.8. The van der Waals surface area contributed by atoms with Gasteiger partial charge in [0.2, 0.25) is 5.95 Å². The molecule has 3 rings (SSSR count). The third kappa shape index (κ3) is 6.35. The van der Waals surface area contributed by atoms with Crippen molar-refractivity contribution in [3.8, 4) is 0 Å². The van der Waals surface area contributed by atoms with E-state index >= 15 is 0 Å². The van der Waals surface area contributed by atoms with Gasteiger partial charge in [-0.3, -0.25) is 4.57 Å². The maximum absolute atomic E-state index is 10.7. The summed E-state index contributed by atoms with van der Waals surface area (Å²) in [7, 11) is -5.26. The molecule has 3 heterocycles. The first kappa shape index (κ1) is 28.2. The third-order valence-corrected chi connectivity index (χ3v) is 4.77. The number of aromatic nitrogens is 4. The monoisotopic (exact) mass is 462 g/mol. The molecular formula is C14H21N6Na2O7P. The number of nitrogens with zero attached hydrogens (tertiary/aromatic N) is 4. The van der Waals surface area contributed by atoms with Crippen molar-refractivity contribution in [1.29, 1.82) is 0 Å². The minimum atomic E-state index is -5.26. The van der Waals surface area contributed by atoms with Gasteiger partial charge in [0, 0.05) is 6.54 Å². The van der Waals surface area contributed by atoms with Crippen LogP contribution in [-0.2, 0) is 13.8 Å². The van der Waals surface area contributed by atoms with Crippen molar-refractivity contribution in [3.63, 3.8) is 0 Å². The van der Waals surface area contributed by atoms with Crippen LogP contribution in [-0.4, -0.2) is 61.2 Å². The SMILES string of the molecule is CCCCNc1nc2c(N)ncnc2n1C1O[C@H](COP(=O)([O-])[O-])[C@@H](O)[C@H]1O.[Na+].[Na+]. The largest absolute Gasteiger partial charge is 1.00 e. The smallest absolute Gasteiger partial charge is 0.790 e. The molecule has 1 aliphatic heterocycles. The van der Waals surface area contributed by atoms with Crippen LogP contribution in [0.4, 0.5) is 11.8 Å². The second-order valence-electron chi connectivity index (χ2n) is 6.31. The predicted octanol–water partition coefficient (Wildman–Crippen LogP) is -7.91. The van der Waals surface area contributed by atoms with E-state index in [2.05, 4.69) is 24.8 Å². The van der Waals surface area contributed by atoms with Crippen molar-refractivity contribution in [2.75, 3.05) is 24.2 Å². The van der Waals surface area contributed by atoms with Gasteiger partial charge >= 0.3 is 59.1 Å². The van der Waals surface area contributed by atoms with Crippen molar-refractivity contribution in [2.24, 2.45) is 0 Å². The van der Waals surface area contributed by atoms with Gasteiger partial charge in [-0.15, -0.1) is 0 Å². The minimum absolute atomic E-state index is 0. The molecule has 13 nitrogen and oxygen atoms in total. The summed E-state index contributed by atoms with van der Waals surface area (Å²) in [6.07, 6.45) is -2.40. The van der Waals surface area contributed by atoms with E-state index in [1.807, 2.05) is 6.92 Å². The molecule has 156 valence electrons. The zero-order valence-corrected chi connectivity index (χ0v) is 21.9. The standard InChI is InChI=1S/C14H23N6O7P.2Na/c1-2-3-4-16-14-19-8-11(15)17-6-18-12(8)20(14)13-10(22)9(21)7(27-13)5-26-28(23,24)25;;/h6-7,9-10,13,21-22H,2-5H2,1H3,(H,16,19)(H2,15,17,18)(H2,23,24,25);;/q;2*+1/p-2/t7-,9-,10-,13?;;/m1../s1. The molecule has 0 radical (unpaired) electrons. The number of imidazole rings is 1. The first-order chi connectivity index (χ1) is 13.2. The number of nitrogen functional groups attached to an aromatic ring is 1. The molecule has 0 spiro atoms. The van der Waals surface area contributed by atoms with Crippen molar-refractivity contribution < 1.29 is 92.9 Å². The Morgan fingerprint density at radius 2 is 2.03 bits per heavy atom. The number of anilines is 2. The average Bonchev–Trinajstić information content (AvgIpc) is 3.12. The molecule has 0 aliphatic carbocycles. The van der Waals surface area contributed by atoms with Crippen LogP contribution < -0.4 is 80.0 Å². The Labute approximate surface area is 216 Å². The number of nitrogens with one attached hydrogen (secondary N) is 1. The zero-order chi connectivity index (χ0) is 20.5. The second kappa shape index (κ2) is 11.8. The fourth-order valence-electron chi connectivity index (χ4n) is 2.91. The van der Waals surface area contributed by atoms with E-state index in [1.165, 1.54) is 10.9 Å². The van der Waals surface area contributed by atoms with Crippen LogP contribution >= 0.6 is 7.82 Å². The number of fused-ring (bicyclic) bond motifs is 1. The van der Waals surface area contributed by atoms with Gasteiger partial charge in [-0.1, -0.05) is 13.3 Å². The Morgan fingerprint density at radius 1 is 1.33 bits per heavy atom. The average molecular weight is 462 g/mol. The Hall–Kier alpha value is 0.140. The van der Waals surface area contributed by atoms with Gasteiger partial charge in [-0.05, 0) is 6.42 Å². The molecule has 1 unspecified atom stereocenters. The van der Waals surface area contributed by atoms with Gasteiger partial charge < -0.3 is 44.9 Å². The summed E-state index contributed by atoms with van der Waals surface area (Å²) in [5.74, 6) is 0.403. The van der Waals surface area contributed by atoms with Gasteiger partial charge in [0.15, 0.2) is 23.2 Å². The summed E-state index contributed by atoms with van der Waals surface area (Å²) in [5, 5.41) is 23.7. The van der Waals surface area contributed by atoms with Crippen molar-refractivity contribution in [2.45, 2.75) is 44.3 Å². The number of aliphatic hydroxyl groups excluding tert-OH is 2. The number of phosphoric ester groups is 1. The van der Waals surface area contributed by atoms with Crippen LogP contribution in [0.2, 0.25) is 0 Å². The quantitative estimate of drug-likeness (QED) is 0.164. The van der Waals surface area contributed by atoms with E-state index in [-0.39, 0.29) is 82.0 Å². The fourth-order valence-corrected chi connectivity index (χ4v) is 3.24. The first-order valence-electron chi connectivity index (χ1n) is 8.63. The van der Waals surface area contributed by atoms with Crippen LogP contribution in [0.3, 0.4) is 0 Å². The Kier molecular flexibility index (Phi) is 11.1. The summed E-state index contributed by atoms with van der Waals surface area (Å²) in [6, 6.07) is 0. The fraction of sp³-hybridized carbons (Fsp3) is 0.643. The van der Waals surface area contributed by atoms with Crippen LogP contribution in [0.5, 0.6) is 0 Å². The molecule has 16 heteroatoms. The number of rotatable bonds is 8. The molecule has 2 aromatic heterocycles. The van der Waals surface area contributed by atoms with E-state index in [1.54, 1.807) is 0 Å². The Morgan fingerprint density at radius 3 is 2.67 bits per heavy atom. The number of nitrogens with two attached hydrogens (primary N) is 1. The topological polar surface area (TPSA) is 204 Å². The molecule has 1 saturated heterocycles.